The molecule has 0 spiro atoms. The molecule has 11 heteroatoms. The van der Waals surface area contributed by atoms with E-state index >= 15 is 0 Å². The Labute approximate surface area is 228 Å². The van der Waals surface area contributed by atoms with Crippen molar-refractivity contribution in [2.24, 2.45) is 5.73 Å². The van der Waals surface area contributed by atoms with Crippen LogP contribution in [0.4, 0.5) is 10.1 Å². The lowest BCUT2D eigenvalue weighted by molar-refractivity contribution is -0.116. The number of rotatable bonds is 7. The number of halogens is 1. The van der Waals surface area contributed by atoms with Crippen LogP contribution >= 0.6 is 0 Å². The number of benzene rings is 1. The fourth-order valence-electron chi connectivity index (χ4n) is 4.38. The van der Waals surface area contributed by atoms with Gasteiger partial charge in [0.05, 0.1) is 28.4 Å². The number of phenols is 1. The second-order valence-electron chi connectivity index (χ2n) is 9.05. The number of aromatic nitrogens is 6. The van der Waals surface area contributed by atoms with Gasteiger partial charge in [0.2, 0.25) is 5.91 Å². The fraction of sp³-hybridized carbons (Fsp3) is 0.138. The fourth-order valence-corrected chi connectivity index (χ4v) is 4.38. The van der Waals surface area contributed by atoms with Gasteiger partial charge in [0.1, 0.15) is 22.8 Å². The smallest absolute Gasteiger partial charge is 0.224 e. The van der Waals surface area contributed by atoms with Gasteiger partial charge < -0.3 is 21.1 Å². The SMILES string of the molecule is C\C=c1/[nH]nc(-c2nc3c(-c4cc(O)cc(F)c4)nccc3[nH]2)/c1=C/C(=C\N)c1cncc(NC(=O)CCC)c1. The van der Waals surface area contributed by atoms with Crippen molar-refractivity contribution in [1.82, 2.24) is 30.1 Å². The highest BCUT2D eigenvalue weighted by Gasteiger charge is 2.16. The molecule has 0 aliphatic carbocycles. The zero-order valence-corrected chi connectivity index (χ0v) is 21.9. The van der Waals surface area contributed by atoms with E-state index in [0.29, 0.717) is 57.1 Å². The maximum Gasteiger partial charge on any atom is 0.224 e. The van der Waals surface area contributed by atoms with Gasteiger partial charge in [-0.2, -0.15) is 5.10 Å². The molecule has 0 saturated carbocycles. The minimum absolute atomic E-state index is 0.0871. The number of H-pyrrole nitrogens is 2. The van der Waals surface area contributed by atoms with Crippen LogP contribution in [-0.4, -0.2) is 41.1 Å². The Hall–Kier alpha value is -5.32. The first-order chi connectivity index (χ1) is 19.4. The van der Waals surface area contributed by atoms with Gasteiger partial charge in [0.15, 0.2) is 5.82 Å². The number of hydrogen-bond donors (Lipinski definition) is 5. The molecule has 0 fully saturated rings. The lowest BCUT2D eigenvalue weighted by atomic mass is 10.1. The third kappa shape index (κ3) is 5.30. The van der Waals surface area contributed by atoms with Crippen molar-refractivity contribution < 1.29 is 14.3 Å². The van der Waals surface area contributed by atoms with Crippen LogP contribution < -0.4 is 21.6 Å². The number of nitrogens with zero attached hydrogens (tertiary/aromatic N) is 4. The number of allylic oxidation sites excluding steroid dienone is 1. The van der Waals surface area contributed by atoms with Gasteiger partial charge in [-0.05, 0) is 49.3 Å². The molecule has 0 atom stereocenters. The van der Waals surface area contributed by atoms with Crippen LogP contribution in [0.5, 0.6) is 5.75 Å². The van der Waals surface area contributed by atoms with E-state index in [1.165, 1.54) is 18.3 Å². The van der Waals surface area contributed by atoms with Crippen molar-refractivity contribution in [3.8, 4) is 28.5 Å². The first-order valence-corrected chi connectivity index (χ1v) is 12.6. The van der Waals surface area contributed by atoms with E-state index in [1.807, 2.05) is 26.0 Å². The predicted octanol–water partition coefficient (Wildman–Crippen LogP) is 3.57. The second kappa shape index (κ2) is 11.2. The lowest BCUT2D eigenvalue weighted by Gasteiger charge is -2.07. The first-order valence-electron chi connectivity index (χ1n) is 12.6. The summed E-state index contributed by atoms with van der Waals surface area (Å²) in [6, 6.07) is 7.31. The van der Waals surface area contributed by atoms with Gasteiger partial charge in [-0.1, -0.05) is 13.0 Å². The van der Waals surface area contributed by atoms with Gasteiger partial charge in [-0.25, -0.2) is 9.37 Å². The Balaban J connectivity index is 1.60. The second-order valence-corrected chi connectivity index (χ2v) is 9.05. The Morgan fingerprint density at radius 3 is 2.80 bits per heavy atom. The highest BCUT2D eigenvalue weighted by Crippen LogP contribution is 2.29. The molecule has 0 unspecified atom stereocenters. The number of aromatic amines is 2. The zero-order valence-electron chi connectivity index (χ0n) is 21.9. The van der Waals surface area contributed by atoms with Gasteiger partial charge in [-0.3, -0.25) is 19.9 Å². The highest BCUT2D eigenvalue weighted by atomic mass is 19.1. The summed E-state index contributed by atoms with van der Waals surface area (Å²) < 4.78 is 14.0. The third-order valence-corrected chi connectivity index (χ3v) is 6.22. The lowest BCUT2D eigenvalue weighted by Crippen LogP contribution is -2.24. The number of carbonyl (C=O) groups excluding carboxylic acids is 1. The number of nitrogens with one attached hydrogen (secondary N) is 3. The predicted molar refractivity (Wildman–Crippen MR) is 152 cm³/mol. The molecule has 4 aromatic heterocycles. The molecule has 0 aliphatic rings. The van der Waals surface area contributed by atoms with Crippen LogP contribution in [0.1, 0.15) is 32.3 Å². The van der Waals surface area contributed by atoms with E-state index in [9.17, 15) is 14.3 Å². The van der Waals surface area contributed by atoms with Crippen LogP contribution in [-0.2, 0) is 4.79 Å². The first kappa shape index (κ1) is 26.3. The van der Waals surface area contributed by atoms with E-state index in [1.54, 1.807) is 30.7 Å². The maximum atomic E-state index is 14.0. The van der Waals surface area contributed by atoms with Crippen molar-refractivity contribution in [2.75, 3.05) is 5.32 Å². The topological polar surface area (TPSA) is 158 Å². The average Bonchev–Trinajstić information content (AvgIpc) is 3.55. The molecular weight excluding hydrogens is 511 g/mol. The van der Waals surface area contributed by atoms with E-state index in [2.05, 4.69) is 30.5 Å². The van der Waals surface area contributed by atoms with Crippen molar-refractivity contribution in [3.05, 3.63) is 77.1 Å². The minimum Gasteiger partial charge on any atom is -0.508 e. The van der Waals surface area contributed by atoms with Crippen molar-refractivity contribution in [1.29, 1.82) is 0 Å². The number of nitrogens with two attached hydrogens (primary N) is 1. The molecule has 202 valence electrons. The van der Waals surface area contributed by atoms with Crippen LogP contribution in [0, 0.1) is 5.82 Å². The number of anilines is 1. The summed E-state index contributed by atoms with van der Waals surface area (Å²) in [5.74, 6) is -0.422. The van der Waals surface area contributed by atoms with Crippen LogP contribution in [0.15, 0.2) is 55.1 Å². The average molecular weight is 539 g/mol. The van der Waals surface area contributed by atoms with E-state index < -0.39 is 5.82 Å². The zero-order chi connectivity index (χ0) is 28.2. The molecule has 5 aromatic rings. The summed E-state index contributed by atoms with van der Waals surface area (Å²) in [5, 5.41) is 21.7. The molecule has 0 aliphatic heterocycles. The summed E-state index contributed by atoms with van der Waals surface area (Å²) in [7, 11) is 0. The summed E-state index contributed by atoms with van der Waals surface area (Å²) in [6.45, 7) is 3.82. The number of imidazole rings is 1. The molecular formula is C29H27FN8O2. The number of pyridine rings is 2. The summed E-state index contributed by atoms with van der Waals surface area (Å²) >= 11 is 0. The summed E-state index contributed by atoms with van der Waals surface area (Å²) in [4.78, 5) is 28.7. The van der Waals surface area contributed by atoms with Crippen molar-refractivity contribution in [3.63, 3.8) is 0 Å². The number of phenolic OH excluding ortho intramolecular Hbond substituents is 1. The van der Waals surface area contributed by atoms with E-state index in [-0.39, 0.29) is 11.7 Å². The third-order valence-electron chi connectivity index (χ3n) is 6.22. The van der Waals surface area contributed by atoms with Crippen LogP contribution in [0.25, 0.3) is 51.5 Å². The Morgan fingerprint density at radius 1 is 1.20 bits per heavy atom. The summed E-state index contributed by atoms with van der Waals surface area (Å²) in [6.07, 6.45) is 11.2. The maximum absolute atomic E-state index is 14.0. The Morgan fingerprint density at radius 2 is 2.05 bits per heavy atom. The normalized spacial score (nSPS) is 12.8. The minimum atomic E-state index is -0.582. The number of fused-ring (bicyclic) bond motifs is 1. The number of aromatic hydroxyl groups is 1. The van der Waals surface area contributed by atoms with E-state index in [0.717, 1.165) is 23.1 Å². The Kier molecular flexibility index (Phi) is 7.36. The van der Waals surface area contributed by atoms with Crippen molar-refractivity contribution in [2.45, 2.75) is 26.7 Å². The molecule has 4 heterocycles. The number of hydrogen-bond acceptors (Lipinski definition) is 7. The molecule has 10 nitrogen and oxygen atoms in total. The Bertz CT molecular complexity index is 1850. The van der Waals surface area contributed by atoms with E-state index in [4.69, 9.17) is 10.7 Å². The monoisotopic (exact) mass is 538 g/mol. The van der Waals surface area contributed by atoms with Crippen molar-refractivity contribution >= 4 is 40.4 Å². The summed E-state index contributed by atoms with van der Waals surface area (Å²) in [5.41, 5.74) is 10.4. The molecule has 6 N–H and O–H groups in total. The van der Waals surface area contributed by atoms with Crippen LogP contribution in [0.2, 0.25) is 0 Å². The highest BCUT2D eigenvalue weighted by molar-refractivity contribution is 5.94. The van der Waals surface area contributed by atoms with Gasteiger partial charge >= 0.3 is 0 Å². The molecule has 0 saturated heterocycles. The van der Waals surface area contributed by atoms with Gasteiger partial charge in [0, 0.05) is 47.4 Å². The van der Waals surface area contributed by atoms with Crippen LogP contribution in [0.3, 0.4) is 0 Å². The van der Waals surface area contributed by atoms with Gasteiger partial charge in [0.25, 0.3) is 0 Å². The number of carbonyl (C=O) groups is 1. The number of amides is 1. The molecule has 5 rings (SSSR count). The molecule has 1 amide bonds. The molecule has 0 bridgehead atoms. The molecule has 0 radical (unpaired) electrons. The quantitative estimate of drug-likeness (QED) is 0.212. The molecule has 40 heavy (non-hydrogen) atoms. The molecule has 1 aromatic carbocycles. The van der Waals surface area contributed by atoms with Gasteiger partial charge in [-0.15, -0.1) is 0 Å². The standard InChI is InChI=1S/C29H27FN8O2/c1-3-5-25(40)34-20-9-18(14-32-15-20)17(13-31)11-22-23(4-2)37-38-27(22)29-35-24-6-7-33-26(28(24)36-29)16-8-19(30)12-21(39)10-16/h4,6-15,37,39H,3,5,31H2,1-2H3,(H,34,40)(H,35,36)/b17-13+,22-11+,23-4-. The largest absolute Gasteiger partial charge is 0.508 e.